The van der Waals surface area contributed by atoms with E-state index in [4.69, 9.17) is 18.9 Å². The van der Waals surface area contributed by atoms with Gasteiger partial charge in [-0.05, 0) is 6.92 Å². The van der Waals surface area contributed by atoms with Crippen molar-refractivity contribution in [1.29, 1.82) is 0 Å². The van der Waals surface area contributed by atoms with E-state index in [2.05, 4.69) is 10.5 Å². The number of methoxy groups -OCH3 is 1. The smallest absolute Gasteiger partial charge is 0.317 e. The van der Waals surface area contributed by atoms with E-state index < -0.39 is 79.6 Å². The van der Waals surface area contributed by atoms with Crippen LogP contribution >= 0.6 is 0 Å². The second-order valence-corrected chi connectivity index (χ2v) is 6.92. The van der Waals surface area contributed by atoms with Gasteiger partial charge in [0.05, 0.1) is 18.8 Å². The predicted octanol–water partition coefficient (Wildman–Crippen LogP) is -3.23. The van der Waals surface area contributed by atoms with Gasteiger partial charge in [-0.1, -0.05) is 0 Å². The number of carbonyl (C=O) groups is 2. The number of hydrogen-bond acceptors (Lipinski definition) is 11. The van der Waals surface area contributed by atoms with Gasteiger partial charge >= 0.3 is 5.91 Å². The number of aliphatic hydroxyl groups excluding tert-OH is 4. The van der Waals surface area contributed by atoms with Crippen molar-refractivity contribution in [3.8, 4) is 0 Å². The van der Waals surface area contributed by atoms with Crippen LogP contribution in [0, 0.1) is 4.91 Å². The lowest BCUT2D eigenvalue weighted by molar-refractivity contribution is -0.325. The first-order valence-electron chi connectivity index (χ1n) is 8.94. The molecule has 13 heteroatoms. The van der Waals surface area contributed by atoms with Gasteiger partial charge in [-0.25, -0.2) is 0 Å². The zero-order valence-electron chi connectivity index (χ0n) is 16.1. The second kappa shape index (κ2) is 9.95. The van der Waals surface area contributed by atoms with Crippen molar-refractivity contribution in [2.45, 2.75) is 75.0 Å². The summed E-state index contributed by atoms with van der Waals surface area (Å²) in [6.07, 6.45) is -12.6. The Kier molecular flexibility index (Phi) is 8.13. The van der Waals surface area contributed by atoms with Crippen LogP contribution in [0.25, 0.3) is 0 Å². The van der Waals surface area contributed by atoms with Crippen molar-refractivity contribution in [3.05, 3.63) is 4.91 Å². The molecule has 13 nitrogen and oxygen atoms in total. The molecule has 0 spiro atoms. The summed E-state index contributed by atoms with van der Waals surface area (Å²) in [5.74, 6) is -1.75. The van der Waals surface area contributed by atoms with Gasteiger partial charge < -0.3 is 44.7 Å². The predicted molar refractivity (Wildman–Crippen MR) is 92.2 cm³/mol. The molecule has 29 heavy (non-hydrogen) atoms. The van der Waals surface area contributed by atoms with Gasteiger partial charge in [-0.3, -0.25) is 9.59 Å². The zero-order chi connectivity index (χ0) is 21.9. The Labute approximate surface area is 165 Å². The van der Waals surface area contributed by atoms with Gasteiger partial charge in [0.15, 0.2) is 12.4 Å². The summed E-state index contributed by atoms with van der Waals surface area (Å²) < 4.78 is 21.3. The third-order valence-corrected chi connectivity index (χ3v) is 4.96. The summed E-state index contributed by atoms with van der Waals surface area (Å²) in [5.41, 5.74) is 0. The van der Waals surface area contributed by atoms with Crippen LogP contribution in [-0.4, -0.2) is 107 Å². The molecule has 2 saturated heterocycles. The number of amides is 2. The highest BCUT2D eigenvalue weighted by molar-refractivity contribution is 5.82. The van der Waals surface area contributed by atoms with Crippen LogP contribution < -0.4 is 5.32 Å². The van der Waals surface area contributed by atoms with Crippen molar-refractivity contribution in [3.63, 3.8) is 0 Å². The molecule has 0 aromatic heterocycles. The van der Waals surface area contributed by atoms with Gasteiger partial charge in [0.25, 0.3) is 0 Å². The molecule has 2 amide bonds. The number of aliphatic hydroxyl groups is 4. The minimum atomic E-state index is -1.73. The van der Waals surface area contributed by atoms with Crippen molar-refractivity contribution in [2.24, 2.45) is 5.18 Å². The average Bonchev–Trinajstić information content (AvgIpc) is 2.69. The first-order valence-corrected chi connectivity index (χ1v) is 8.94. The molecule has 2 heterocycles. The van der Waals surface area contributed by atoms with Gasteiger partial charge in [-0.15, -0.1) is 4.91 Å². The molecule has 10 atom stereocenters. The molecule has 2 aliphatic rings. The number of nitrogens with one attached hydrogen (secondary N) is 1. The minimum absolute atomic E-state index is 0.462. The van der Waals surface area contributed by atoms with Crippen LogP contribution in [0.4, 0.5) is 0 Å². The van der Waals surface area contributed by atoms with E-state index in [1.54, 1.807) is 6.92 Å². The molecule has 0 aromatic carbocycles. The summed E-state index contributed by atoms with van der Waals surface area (Å²) >= 11 is 0. The van der Waals surface area contributed by atoms with E-state index in [-0.39, 0.29) is 0 Å². The number of nitrogens with zero attached hydrogens (tertiary/aromatic N) is 1. The summed E-state index contributed by atoms with van der Waals surface area (Å²) in [6.45, 7) is 2.25. The topological polar surface area (TPSA) is 193 Å². The fourth-order valence-electron chi connectivity index (χ4n) is 3.50. The van der Waals surface area contributed by atoms with Crippen LogP contribution in [0.3, 0.4) is 0 Å². The third kappa shape index (κ3) is 4.95. The van der Waals surface area contributed by atoms with E-state index in [9.17, 15) is 34.9 Å². The van der Waals surface area contributed by atoms with E-state index >= 15 is 0 Å². The highest BCUT2D eigenvalue weighted by Gasteiger charge is 2.52. The van der Waals surface area contributed by atoms with Gasteiger partial charge in [-0.2, -0.15) is 0 Å². The molecule has 2 aliphatic heterocycles. The monoisotopic (exact) mass is 422 g/mol. The number of hydrogen-bond donors (Lipinski definition) is 5. The van der Waals surface area contributed by atoms with E-state index in [1.807, 2.05) is 0 Å². The second-order valence-electron chi connectivity index (χ2n) is 6.92. The molecular weight excluding hydrogens is 396 g/mol. The number of nitroso groups, excluding NO2 is 1. The number of carbonyl (C=O) groups excluding carboxylic acids is 2. The maximum absolute atomic E-state index is 11.8. The van der Waals surface area contributed by atoms with Gasteiger partial charge in [0.2, 0.25) is 5.91 Å². The number of rotatable bonds is 6. The maximum Gasteiger partial charge on any atom is 0.317 e. The Morgan fingerprint density at radius 2 is 1.76 bits per heavy atom. The molecule has 5 N–H and O–H groups in total. The Hall–Kier alpha value is -1.58. The molecule has 0 bridgehead atoms. The molecule has 0 radical (unpaired) electrons. The largest absolute Gasteiger partial charge is 0.394 e. The normalized spacial score (nSPS) is 42.9. The first-order chi connectivity index (χ1) is 13.7. The van der Waals surface area contributed by atoms with Crippen molar-refractivity contribution in [1.82, 2.24) is 5.32 Å². The highest BCUT2D eigenvalue weighted by atomic mass is 16.7. The Morgan fingerprint density at radius 1 is 1.10 bits per heavy atom. The van der Waals surface area contributed by atoms with E-state index in [0.29, 0.717) is 0 Å². The summed E-state index contributed by atoms with van der Waals surface area (Å²) in [4.78, 5) is 34.0. The van der Waals surface area contributed by atoms with Crippen LogP contribution in [0.5, 0.6) is 0 Å². The van der Waals surface area contributed by atoms with E-state index in [0.717, 1.165) is 7.11 Å². The summed E-state index contributed by atoms with van der Waals surface area (Å²) in [6, 6.07) is -0.920. The van der Waals surface area contributed by atoms with Crippen LogP contribution in [0.2, 0.25) is 0 Å². The number of ether oxygens (including phenoxy) is 4. The molecule has 0 aliphatic carbocycles. The first kappa shape index (κ1) is 23.7. The molecule has 0 saturated carbocycles. The Balaban J connectivity index is 2.29. The minimum Gasteiger partial charge on any atom is -0.394 e. The zero-order valence-corrected chi connectivity index (χ0v) is 16.1. The lowest BCUT2D eigenvalue weighted by atomic mass is 9.92. The fraction of sp³-hybridized carbons (Fsp3) is 0.875. The Bertz CT molecular complexity index is 605. The molecular formula is C16H26N2O11. The Morgan fingerprint density at radius 3 is 2.28 bits per heavy atom. The maximum atomic E-state index is 11.8. The molecule has 166 valence electrons. The summed E-state index contributed by atoms with van der Waals surface area (Å²) in [5, 5.41) is 45.3. The molecule has 2 fully saturated rings. The molecule has 10 unspecified atom stereocenters. The summed E-state index contributed by atoms with van der Waals surface area (Å²) in [7, 11) is 1.14. The fourth-order valence-corrected chi connectivity index (χ4v) is 3.50. The average molecular weight is 422 g/mol. The molecule has 2 rings (SSSR count). The quantitative estimate of drug-likeness (QED) is 0.270. The SMILES string of the molecule is COC1C(C(=O)N=O)OC(OC2C(O)C(CO)OC(C)C2NC(C)=O)C(O)C1O. The van der Waals surface area contributed by atoms with E-state index in [1.165, 1.54) is 6.92 Å². The standard InChI is InChI=1S/C16H26N2O11/c1-5-8(17-6(2)20)12(9(21)7(4-19)27-5)28-16-11(23)10(22)13(26-3)14(29-16)15(24)18-25/h5,7-14,16,19,21-23H,4H2,1-3H3,(H,17,20). The third-order valence-electron chi connectivity index (χ3n) is 4.96. The lowest BCUT2D eigenvalue weighted by Gasteiger charge is -2.47. The van der Waals surface area contributed by atoms with Gasteiger partial charge in [0, 0.05) is 19.2 Å². The van der Waals surface area contributed by atoms with Crippen LogP contribution in [0.1, 0.15) is 13.8 Å². The lowest BCUT2D eigenvalue weighted by Crippen LogP contribution is -2.67. The van der Waals surface area contributed by atoms with Crippen LogP contribution in [-0.2, 0) is 28.5 Å². The van der Waals surface area contributed by atoms with Crippen molar-refractivity contribution >= 4 is 11.8 Å². The van der Waals surface area contributed by atoms with Crippen LogP contribution in [0.15, 0.2) is 5.18 Å². The highest BCUT2D eigenvalue weighted by Crippen LogP contribution is 2.30. The molecule has 0 aromatic rings. The van der Waals surface area contributed by atoms with Gasteiger partial charge in [0.1, 0.15) is 36.6 Å². The van der Waals surface area contributed by atoms with Crippen molar-refractivity contribution in [2.75, 3.05) is 13.7 Å². The van der Waals surface area contributed by atoms with Crippen molar-refractivity contribution < 1.29 is 49.0 Å².